The zero-order valence-electron chi connectivity index (χ0n) is 21.4. The summed E-state index contributed by atoms with van der Waals surface area (Å²) >= 11 is 0. The number of amides is 2. The maximum absolute atomic E-state index is 14.0. The molecule has 8 heteroatoms. The number of urea groups is 1. The van der Waals surface area contributed by atoms with Crippen LogP contribution in [0.4, 0.5) is 10.5 Å². The quantitative estimate of drug-likeness (QED) is 0.520. The number of carbonyl (C=O) groups excluding carboxylic acids is 1. The fourth-order valence-electron chi connectivity index (χ4n) is 6.10. The highest BCUT2D eigenvalue weighted by molar-refractivity contribution is 5.95. The number of nitrogens with one attached hydrogen (secondary N) is 1. The van der Waals surface area contributed by atoms with Crippen molar-refractivity contribution >= 4 is 11.7 Å². The number of carbonyl (C=O) groups is 1. The van der Waals surface area contributed by atoms with Gasteiger partial charge < -0.3 is 19.3 Å². The number of piperidine rings is 1. The Kier molecular flexibility index (Phi) is 6.61. The van der Waals surface area contributed by atoms with Crippen molar-refractivity contribution in [1.29, 1.82) is 0 Å². The molecule has 3 aliphatic heterocycles. The van der Waals surface area contributed by atoms with Gasteiger partial charge in [0, 0.05) is 50.2 Å². The number of aromatic amines is 1. The second-order valence-corrected chi connectivity index (χ2v) is 10.6. The van der Waals surface area contributed by atoms with Crippen molar-refractivity contribution in [2.75, 3.05) is 51.4 Å². The molecule has 0 saturated carbocycles. The number of aromatic nitrogens is 2. The van der Waals surface area contributed by atoms with E-state index in [1.54, 1.807) is 7.11 Å². The monoisotopic (exact) mass is 501 g/mol. The molecular formula is C29H35N5O3. The van der Waals surface area contributed by atoms with Crippen LogP contribution < -0.4 is 9.64 Å². The minimum atomic E-state index is -0.188. The lowest BCUT2D eigenvalue weighted by molar-refractivity contribution is 0.0634. The molecule has 2 amide bonds. The Hall–Kier alpha value is -3.36. The Morgan fingerprint density at radius 2 is 1.97 bits per heavy atom. The van der Waals surface area contributed by atoms with Gasteiger partial charge in [-0.1, -0.05) is 24.3 Å². The maximum atomic E-state index is 14.0. The topological polar surface area (TPSA) is 73.9 Å². The molecule has 6 rings (SSSR count). The van der Waals surface area contributed by atoms with Crippen molar-refractivity contribution in [1.82, 2.24) is 20.0 Å². The molecule has 1 unspecified atom stereocenters. The molecule has 3 aliphatic rings. The first-order valence-corrected chi connectivity index (χ1v) is 13.2. The van der Waals surface area contributed by atoms with Crippen LogP contribution in [0.1, 0.15) is 24.8 Å². The Bertz CT molecular complexity index is 1200. The van der Waals surface area contributed by atoms with Crippen molar-refractivity contribution in [3.8, 4) is 16.9 Å². The summed E-state index contributed by atoms with van der Waals surface area (Å²) in [5.74, 6) is 1.45. The minimum Gasteiger partial charge on any atom is -0.497 e. The molecule has 1 aromatic heterocycles. The van der Waals surface area contributed by atoms with E-state index < -0.39 is 0 Å². The number of benzene rings is 2. The van der Waals surface area contributed by atoms with Crippen molar-refractivity contribution < 1.29 is 14.3 Å². The van der Waals surface area contributed by atoms with Crippen molar-refractivity contribution in [3.05, 3.63) is 66.5 Å². The molecule has 3 aromatic rings. The molecule has 8 nitrogen and oxygen atoms in total. The third-order valence-corrected chi connectivity index (χ3v) is 8.30. The highest BCUT2D eigenvalue weighted by Gasteiger charge is 2.51. The molecule has 3 saturated heterocycles. The number of anilines is 1. The van der Waals surface area contributed by atoms with Crippen LogP contribution in [0.5, 0.6) is 5.75 Å². The second kappa shape index (κ2) is 10.2. The first kappa shape index (κ1) is 24.0. The third-order valence-electron chi connectivity index (χ3n) is 8.30. The van der Waals surface area contributed by atoms with E-state index in [2.05, 4.69) is 50.3 Å². The summed E-state index contributed by atoms with van der Waals surface area (Å²) in [5, 5.41) is 6.92. The highest BCUT2D eigenvalue weighted by Crippen LogP contribution is 2.40. The van der Waals surface area contributed by atoms with Gasteiger partial charge in [0.25, 0.3) is 0 Å². The summed E-state index contributed by atoms with van der Waals surface area (Å²) in [7, 11) is 1.68. The van der Waals surface area contributed by atoms with Gasteiger partial charge in [0.2, 0.25) is 0 Å². The number of ether oxygens (including phenoxy) is 2. The number of hydrogen-bond acceptors (Lipinski definition) is 5. The molecular weight excluding hydrogens is 466 g/mol. The van der Waals surface area contributed by atoms with E-state index in [0.29, 0.717) is 19.0 Å². The molecule has 0 bridgehead atoms. The van der Waals surface area contributed by atoms with Gasteiger partial charge in [-0.15, -0.1) is 0 Å². The molecule has 1 N–H and O–H groups in total. The largest absolute Gasteiger partial charge is 0.497 e. The van der Waals surface area contributed by atoms with Crippen molar-refractivity contribution in [2.45, 2.75) is 31.3 Å². The normalized spacial score (nSPS) is 21.8. The molecule has 2 aromatic carbocycles. The van der Waals surface area contributed by atoms with E-state index in [-0.39, 0.29) is 11.6 Å². The maximum Gasteiger partial charge on any atom is 0.325 e. The zero-order valence-corrected chi connectivity index (χ0v) is 21.4. The van der Waals surface area contributed by atoms with Crippen LogP contribution >= 0.6 is 0 Å². The van der Waals surface area contributed by atoms with E-state index in [1.165, 1.54) is 0 Å². The molecule has 194 valence electrons. The van der Waals surface area contributed by atoms with E-state index in [4.69, 9.17) is 9.47 Å². The minimum absolute atomic E-state index is 0.0801. The van der Waals surface area contributed by atoms with Crippen LogP contribution in [0.3, 0.4) is 0 Å². The lowest BCUT2D eigenvalue weighted by atomic mass is 9.86. The highest BCUT2D eigenvalue weighted by atomic mass is 16.5. The van der Waals surface area contributed by atoms with Crippen LogP contribution in [0.15, 0.2) is 60.9 Å². The summed E-state index contributed by atoms with van der Waals surface area (Å²) < 4.78 is 11.1. The van der Waals surface area contributed by atoms with E-state index >= 15 is 0 Å². The van der Waals surface area contributed by atoms with Crippen LogP contribution in [0, 0.1) is 5.92 Å². The van der Waals surface area contributed by atoms with Gasteiger partial charge in [0.1, 0.15) is 5.75 Å². The predicted molar refractivity (Wildman–Crippen MR) is 143 cm³/mol. The van der Waals surface area contributed by atoms with Gasteiger partial charge >= 0.3 is 6.03 Å². The molecule has 4 heterocycles. The van der Waals surface area contributed by atoms with Crippen molar-refractivity contribution in [3.63, 3.8) is 0 Å². The Labute approximate surface area is 218 Å². The van der Waals surface area contributed by atoms with E-state index in [1.807, 2.05) is 35.5 Å². The predicted octanol–water partition coefficient (Wildman–Crippen LogP) is 4.40. The van der Waals surface area contributed by atoms with Crippen LogP contribution in [-0.2, 0) is 11.3 Å². The molecule has 1 spiro atoms. The fraction of sp³-hybridized carbons (Fsp3) is 0.448. The molecule has 0 aliphatic carbocycles. The summed E-state index contributed by atoms with van der Waals surface area (Å²) in [5.41, 5.74) is 3.96. The summed E-state index contributed by atoms with van der Waals surface area (Å²) in [4.78, 5) is 20.7. The molecule has 1 atom stereocenters. The van der Waals surface area contributed by atoms with Crippen LogP contribution in [0.25, 0.3) is 11.1 Å². The van der Waals surface area contributed by atoms with E-state index in [0.717, 1.165) is 80.2 Å². The Morgan fingerprint density at radius 1 is 1.14 bits per heavy atom. The Morgan fingerprint density at radius 3 is 2.68 bits per heavy atom. The third kappa shape index (κ3) is 4.83. The standard InChI is InChI=1S/C29H35N5O3/c1-36-27-4-2-3-22(15-27)19-34-28(35)33(26-7-5-24(6-8-26)25-16-30-31-17-25)21-29(34)10-12-32(13-11-29)18-23-9-14-37-20-23/h2-8,15-17,23H,9-14,18-21H2,1H3,(H,30,31). The summed E-state index contributed by atoms with van der Waals surface area (Å²) in [6.07, 6.45) is 6.79. The summed E-state index contributed by atoms with van der Waals surface area (Å²) in [6, 6.07) is 16.4. The number of hydrogen-bond donors (Lipinski definition) is 1. The van der Waals surface area contributed by atoms with Gasteiger partial charge in [0.05, 0.1) is 32.0 Å². The summed E-state index contributed by atoms with van der Waals surface area (Å²) in [6.45, 7) is 6.16. The van der Waals surface area contributed by atoms with Crippen molar-refractivity contribution in [2.24, 2.45) is 5.92 Å². The SMILES string of the molecule is COc1cccc(CN2C(=O)N(c3ccc(-c4cn[nH]c4)cc3)CC23CCN(CC2CCOC2)CC3)c1. The lowest BCUT2D eigenvalue weighted by Crippen LogP contribution is -2.54. The average molecular weight is 502 g/mol. The van der Waals surface area contributed by atoms with Gasteiger partial charge in [0.15, 0.2) is 0 Å². The zero-order chi connectivity index (χ0) is 25.2. The van der Waals surface area contributed by atoms with Gasteiger partial charge in [-0.05, 0) is 60.6 Å². The molecule has 0 radical (unpaired) electrons. The number of likely N-dealkylation sites (tertiary alicyclic amines) is 1. The number of nitrogens with zero attached hydrogens (tertiary/aromatic N) is 4. The smallest absolute Gasteiger partial charge is 0.325 e. The first-order chi connectivity index (χ1) is 18.1. The fourth-order valence-corrected chi connectivity index (χ4v) is 6.10. The van der Waals surface area contributed by atoms with Crippen LogP contribution in [0.2, 0.25) is 0 Å². The lowest BCUT2D eigenvalue weighted by Gasteiger charge is -2.44. The number of rotatable bonds is 7. The van der Waals surface area contributed by atoms with Gasteiger partial charge in [-0.3, -0.25) is 10.00 Å². The number of methoxy groups -OCH3 is 1. The molecule has 37 heavy (non-hydrogen) atoms. The number of H-pyrrole nitrogens is 1. The van der Waals surface area contributed by atoms with Crippen LogP contribution in [-0.4, -0.2) is 78.1 Å². The van der Waals surface area contributed by atoms with Gasteiger partial charge in [-0.25, -0.2) is 4.79 Å². The average Bonchev–Trinajstić information content (AvgIpc) is 3.70. The second-order valence-electron chi connectivity index (χ2n) is 10.6. The van der Waals surface area contributed by atoms with E-state index in [9.17, 15) is 4.79 Å². The first-order valence-electron chi connectivity index (χ1n) is 13.2. The van der Waals surface area contributed by atoms with Gasteiger partial charge in [-0.2, -0.15) is 5.10 Å². The molecule has 3 fully saturated rings. The Balaban J connectivity index is 1.24.